The van der Waals surface area contributed by atoms with Crippen molar-refractivity contribution in [1.29, 1.82) is 0 Å². The van der Waals surface area contributed by atoms with Gasteiger partial charge in [-0.25, -0.2) is 13.6 Å². The van der Waals surface area contributed by atoms with Gasteiger partial charge in [0, 0.05) is 0 Å². The molecule has 0 heterocycles. The van der Waals surface area contributed by atoms with Crippen molar-refractivity contribution in [3.63, 3.8) is 0 Å². The highest BCUT2D eigenvalue weighted by molar-refractivity contribution is 5.91. The Labute approximate surface area is 144 Å². The molecule has 0 aliphatic carbocycles. The lowest BCUT2D eigenvalue weighted by Gasteiger charge is -2.15. The molecule has 0 saturated heterocycles. The number of nitrogens with one attached hydrogen (secondary N) is 1. The van der Waals surface area contributed by atoms with Gasteiger partial charge in [0.2, 0.25) is 0 Å². The minimum Gasteiger partial charge on any atom is -0.452 e. The molecule has 0 bridgehead atoms. The van der Waals surface area contributed by atoms with E-state index in [-0.39, 0.29) is 6.04 Å². The number of carbonyl (C=O) groups is 2. The molecule has 0 aliphatic heterocycles. The summed E-state index contributed by atoms with van der Waals surface area (Å²) in [4.78, 5) is 23.6. The van der Waals surface area contributed by atoms with Crippen LogP contribution >= 0.6 is 0 Å². The molecular weight excluding hydrogens is 328 g/mol. The van der Waals surface area contributed by atoms with E-state index in [4.69, 9.17) is 4.74 Å². The van der Waals surface area contributed by atoms with Gasteiger partial charge in [-0.1, -0.05) is 37.3 Å². The van der Waals surface area contributed by atoms with Crippen molar-refractivity contribution >= 4 is 11.9 Å². The molecule has 2 aromatic rings. The van der Waals surface area contributed by atoms with Crippen LogP contribution in [0.15, 0.2) is 42.5 Å². The van der Waals surface area contributed by atoms with Crippen LogP contribution in [0.4, 0.5) is 8.78 Å². The summed E-state index contributed by atoms with van der Waals surface area (Å²) in [6.07, 6.45) is 0.920. The standard InChI is InChI=1S/C19H19F2NO3/c1-3-13-7-9-14(10-8-13)12(2)22-17(23)11-25-19(24)18-15(20)5-4-6-16(18)21/h4-10,12H,3,11H2,1-2H3,(H,22,23)/t12-/m0/s1. The summed E-state index contributed by atoms with van der Waals surface area (Å²) in [6.45, 7) is 3.22. The molecule has 1 N–H and O–H groups in total. The van der Waals surface area contributed by atoms with E-state index in [9.17, 15) is 18.4 Å². The largest absolute Gasteiger partial charge is 0.452 e. The van der Waals surface area contributed by atoms with Crippen molar-refractivity contribution in [2.75, 3.05) is 6.61 Å². The van der Waals surface area contributed by atoms with Crippen molar-refractivity contribution in [3.8, 4) is 0 Å². The summed E-state index contributed by atoms with van der Waals surface area (Å²) < 4.78 is 31.6. The fourth-order valence-corrected chi connectivity index (χ4v) is 2.30. The van der Waals surface area contributed by atoms with Crippen molar-refractivity contribution in [3.05, 3.63) is 70.8 Å². The monoisotopic (exact) mass is 347 g/mol. The van der Waals surface area contributed by atoms with E-state index in [1.54, 1.807) is 6.92 Å². The van der Waals surface area contributed by atoms with Crippen molar-refractivity contribution < 1.29 is 23.1 Å². The summed E-state index contributed by atoms with van der Waals surface area (Å²) in [6, 6.07) is 10.5. The predicted octanol–water partition coefficient (Wildman–Crippen LogP) is 3.56. The normalized spacial score (nSPS) is 11.7. The Morgan fingerprint density at radius 2 is 1.68 bits per heavy atom. The van der Waals surface area contributed by atoms with Gasteiger partial charge in [-0.15, -0.1) is 0 Å². The van der Waals surface area contributed by atoms with E-state index < -0.39 is 35.7 Å². The SMILES string of the molecule is CCc1ccc([C@H](C)NC(=O)COC(=O)c2c(F)cccc2F)cc1. The number of aryl methyl sites for hydroxylation is 1. The highest BCUT2D eigenvalue weighted by atomic mass is 19.1. The zero-order valence-corrected chi connectivity index (χ0v) is 14.0. The van der Waals surface area contributed by atoms with Crippen LogP contribution < -0.4 is 5.32 Å². The maximum atomic E-state index is 13.5. The molecule has 4 nitrogen and oxygen atoms in total. The van der Waals surface area contributed by atoms with Gasteiger partial charge in [-0.2, -0.15) is 0 Å². The maximum Gasteiger partial charge on any atom is 0.344 e. The number of amides is 1. The number of halogens is 2. The van der Waals surface area contributed by atoms with Crippen LogP contribution in [0.1, 0.15) is 41.4 Å². The fraction of sp³-hybridized carbons (Fsp3) is 0.263. The van der Waals surface area contributed by atoms with Crippen molar-refractivity contribution in [2.45, 2.75) is 26.3 Å². The van der Waals surface area contributed by atoms with Gasteiger partial charge in [0.15, 0.2) is 6.61 Å². The Morgan fingerprint density at radius 1 is 1.08 bits per heavy atom. The van der Waals surface area contributed by atoms with Gasteiger partial charge in [-0.05, 0) is 36.6 Å². The average molecular weight is 347 g/mol. The molecule has 0 radical (unpaired) electrons. The second-order valence-corrected chi connectivity index (χ2v) is 5.56. The molecule has 0 unspecified atom stereocenters. The molecule has 0 fully saturated rings. The first-order valence-corrected chi connectivity index (χ1v) is 7.91. The number of ether oxygens (including phenoxy) is 1. The molecule has 132 valence electrons. The summed E-state index contributed by atoms with van der Waals surface area (Å²) in [7, 11) is 0. The van der Waals surface area contributed by atoms with Crippen LogP contribution in [0.25, 0.3) is 0 Å². The first-order valence-electron chi connectivity index (χ1n) is 7.91. The van der Waals surface area contributed by atoms with Crippen LogP contribution in [0, 0.1) is 11.6 Å². The predicted molar refractivity (Wildman–Crippen MR) is 89.0 cm³/mol. The van der Waals surface area contributed by atoms with Gasteiger partial charge < -0.3 is 10.1 Å². The number of rotatable bonds is 6. The third-order valence-electron chi connectivity index (χ3n) is 3.77. The van der Waals surface area contributed by atoms with E-state index in [0.29, 0.717) is 0 Å². The quantitative estimate of drug-likeness (QED) is 0.813. The summed E-state index contributed by atoms with van der Waals surface area (Å²) in [5, 5.41) is 2.67. The lowest BCUT2D eigenvalue weighted by Crippen LogP contribution is -2.31. The van der Waals surface area contributed by atoms with Gasteiger partial charge in [0.25, 0.3) is 5.91 Å². The van der Waals surface area contributed by atoms with Crippen molar-refractivity contribution in [1.82, 2.24) is 5.32 Å². The Hall–Kier alpha value is -2.76. The highest BCUT2D eigenvalue weighted by Crippen LogP contribution is 2.15. The smallest absolute Gasteiger partial charge is 0.344 e. The minimum atomic E-state index is -1.22. The van der Waals surface area contributed by atoms with Gasteiger partial charge in [0.1, 0.15) is 17.2 Å². The van der Waals surface area contributed by atoms with Crippen LogP contribution in [-0.2, 0) is 16.0 Å². The molecule has 6 heteroatoms. The van der Waals surface area contributed by atoms with Crippen LogP contribution in [0.5, 0.6) is 0 Å². The minimum absolute atomic E-state index is 0.290. The molecule has 0 aliphatic rings. The van der Waals surface area contributed by atoms with Gasteiger partial charge in [0.05, 0.1) is 6.04 Å². The third kappa shape index (κ3) is 4.86. The molecule has 25 heavy (non-hydrogen) atoms. The molecule has 0 spiro atoms. The molecule has 0 aromatic heterocycles. The number of hydrogen-bond acceptors (Lipinski definition) is 3. The van der Waals surface area contributed by atoms with Crippen molar-refractivity contribution in [2.24, 2.45) is 0 Å². The summed E-state index contributed by atoms with van der Waals surface area (Å²) >= 11 is 0. The fourth-order valence-electron chi connectivity index (χ4n) is 2.30. The summed E-state index contributed by atoms with van der Waals surface area (Å²) in [5.41, 5.74) is 1.28. The first kappa shape index (κ1) is 18.6. The van der Waals surface area contributed by atoms with Gasteiger partial charge in [-0.3, -0.25) is 4.79 Å². The lowest BCUT2D eigenvalue weighted by atomic mass is 10.1. The molecule has 1 atom stereocenters. The molecular formula is C19H19F2NO3. The van der Waals surface area contributed by atoms with Crippen LogP contribution in [0.2, 0.25) is 0 Å². The van der Waals surface area contributed by atoms with Crippen LogP contribution in [0.3, 0.4) is 0 Å². The second-order valence-electron chi connectivity index (χ2n) is 5.56. The molecule has 2 aromatic carbocycles. The van der Waals surface area contributed by atoms with E-state index >= 15 is 0 Å². The molecule has 2 rings (SSSR count). The second kappa shape index (κ2) is 8.37. The Balaban J connectivity index is 1.90. The number of carbonyl (C=O) groups excluding carboxylic acids is 2. The van der Waals surface area contributed by atoms with Crippen LogP contribution in [-0.4, -0.2) is 18.5 Å². The third-order valence-corrected chi connectivity index (χ3v) is 3.77. The van der Waals surface area contributed by atoms with E-state index in [1.807, 2.05) is 31.2 Å². The number of hydrogen-bond donors (Lipinski definition) is 1. The Morgan fingerprint density at radius 3 is 2.24 bits per heavy atom. The molecule has 1 amide bonds. The lowest BCUT2D eigenvalue weighted by molar-refractivity contribution is -0.124. The number of benzene rings is 2. The number of esters is 1. The van der Waals surface area contributed by atoms with E-state index in [2.05, 4.69) is 5.32 Å². The van der Waals surface area contributed by atoms with Gasteiger partial charge >= 0.3 is 5.97 Å². The van der Waals surface area contributed by atoms with E-state index in [1.165, 1.54) is 5.56 Å². The topological polar surface area (TPSA) is 55.4 Å². The average Bonchev–Trinajstić information content (AvgIpc) is 2.60. The maximum absolute atomic E-state index is 13.5. The molecule has 0 saturated carbocycles. The highest BCUT2D eigenvalue weighted by Gasteiger charge is 2.20. The zero-order valence-electron chi connectivity index (χ0n) is 14.0. The summed E-state index contributed by atoms with van der Waals surface area (Å²) in [5.74, 6) is -3.84. The first-order chi connectivity index (χ1) is 11.9. The Kier molecular flexibility index (Phi) is 6.22. The Bertz CT molecular complexity index is 740. The van der Waals surface area contributed by atoms with E-state index in [0.717, 1.165) is 30.2 Å². The zero-order chi connectivity index (χ0) is 18.4.